The van der Waals surface area contributed by atoms with E-state index in [0.717, 1.165) is 5.46 Å². The minimum atomic E-state index is -0.503. The van der Waals surface area contributed by atoms with Crippen LogP contribution in [0.4, 0.5) is 5.69 Å². The van der Waals surface area contributed by atoms with Crippen LogP contribution in [0.15, 0.2) is 12.1 Å². The third-order valence-electron chi connectivity index (χ3n) is 4.01. The Bertz CT molecular complexity index is 565. The van der Waals surface area contributed by atoms with E-state index in [9.17, 15) is 0 Å². The van der Waals surface area contributed by atoms with Gasteiger partial charge in [-0.25, -0.2) is 0 Å². The molecule has 1 N–H and O–H groups in total. The normalized spacial score (nSPS) is 19.8. The molecule has 4 nitrogen and oxygen atoms in total. The van der Waals surface area contributed by atoms with E-state index in [1.807, 2.05) is 33.8 Å². The van der Waals surface area contributed by atoms with Gasteiger partial charge in [-0.2, -0.15) is 5.26 Å². The largest absolute Gasteiger partial charge is 0.494 e. The van der Waals surface area contributed by atoms with E-state index in [4.69, 9.17) is 26.2 Å². The van der Waals surface area contributed by atoms with Gasteiger partial charge in [-0.1, -0.05) is 11.6 Å². The topological polar surface area (TPSA) is 54.3 Å². The highest BCUT2D eigenvalue weighted by Crippen LogP contribution is 2.37. The first-order valence-electron chi connectivity index (χ1n) is 6.49. The average Bonchev–Trinajstić information content (AvgIpc) is 2.58. The van der Waals surface area contributed by atoms with Gasteiger partial charge < -0.3 is 14.6 Å². The monoisotopic (exact) mass is 292 g/mol. The van der Waals surface area contributed by atoms with Gasteiger partial charge in [-0.3, -0.25) is 0 Å². The van der Waals surface area contributed by atoms with E-state index in [2.05, 4.69) is 11.4 Å². The number of hydrogen-bond acceptors (Lipinski definition) is 4. The van der Waals surface area contributed by atoms with Gasteiger partial charge in [0.15, 0.2) is 0 Å². The Labute approximate surface area is 125 Å². The minimum Gasteiger partial charge on any atom is -0.399 e. The van der Waals surface area contributed by atoms with Gasteiger partial charge in [-0.05, 0) is 45.3 Å². The SMILES string of the molecule is CNc1cc(B2OC(C)(C)C(C)(C)O2)cc(C#N)c1Cl. The lowest BCUT2D eigenvalue weighted by molar-refractivity contribution is 0.00578. The summed E-state index contributed by atoms with van der Waals surface area (Å²) < 4.78 is 12.0. The van der Waals surface area contributed by atoms with Crippen LogP contribution in [0.3, 0.4) is 0 Å². The van der Waals surface area contributed by atoms with Crippen molar-refractivity contribution >= 4 is 29.9 Å². The fourth-order valence-electron chi connectivity index (χ4n) is 2.03. The molecule has 1 saturated heterocycles. The van der Waals surface area contributed by atoms with E-state index in [1.165, 1.54) is 0 Å². The highest BCUT2D eigenvalue weighted by atomic mass is 35.5. The van der Waals surface area contributed by atoms with E-state index in [-0.39, 0.29) is 0 Å². The Morgan fingerprint density at radius 1 is 1.20 bits per heavy atom. The number of halogens is 1. The summed E-state index contributed by atoms with van der Waals surface area (Å²) in [6.07, 6.45) is 0. The van der Waals surface area contributed by atoms with Crippen molar-refractivity contribution in [2.45, 2.75) is 38.9 Å². The second-order valence-corrected chi connectivity index (χ2v) is 6.26. The Balaban J connectivity index is 2.43. The Hall–Kier alpha value is -1.22. The van der Waals surface area contributed by atoms with Crippen molar-refractivity contribution in [3.8, 4) is 6.07 Å². The number of nitrogens with one attached hydrogen (secondary N) is 1. The van der Waals surface area contributed by atoms with Gasteiger partial charge in [0.25, 0.3) is 0 Å². The van der Waals surface area contributed by atoms with Crippen molar-refractivity contribution in [3.63, 3.8) is 0 Å². The van der Waals surface area contributed by atoms with Crippen LogP contribution in [0.5, 0.6) is 0 Å². The van der Waals surface area contributed by atoms with E-state index >= 15 is 0 Å². The lowest BCUT2D eigenvalue weighted by Crippen LogP contribution is -2.41. The zero-order valence-corrected chi connectivity index (χ0v) is 13.1. The number of anilines is 1. The van der Waals surface area contributed by atoms with Crippen molar-refractivity contribution in [2.75, 3.05) is 12.4 Å². The second-order valence-electron chi connectivity index (χ2n) is 5.88. The fraction of sp³-hybridized carbons (Fsp3) is 0.500. The van der Waals surface area contributed by atoms with Crippen molar-refractivity contribution in [2.24, 2.45) is 0 Å². The molecule has 0 amide bonds. The predicted molar refractivity (Wildman–Crippen MR) is 81.4 cm³/mol. The van der Waals surface area contributed by atoms with Crippen molar-refractivity contribution in [3.05, 3.63) is 22.7 Å². The second kappa shape index (κ2) is 4.96. The summed E-state index contributed by atoms with van der Waals surface area (Å²) in [4.78, 5) is 0. The molecule has 0 aromatic heterocycles. The molecule has 106 valence electrons. The quantitative estimate of drug-likeness (QED) is 0.851. The summed E-state index contributed by atoms with van der Waals surface area (Å²) in [5.74, 6) is 0. The van der Waals surface area contributed by atoms with Crippen molar-refractivity contribution in [1.82, 2.24) is 0 Å². The molecule has 0 unspecified atom stereocenters. The molecule has 0 atom stereocenters. The van der Waals surface area contributed by atoms with Crippen LogP contribution in [-0.2, 0) is 9.31 Å². The van der Waals surface area contributed by atoms with Gasteiger partial charge in [0, 0.05) is 7.05 Å². The molecule has 0 spiro atoms. The Morgan fingerprint density at radius 3 is 2.20 bits per heavy atom. The molecular formula is C14H18BClN2O2. The molecule has 20 heavy (non-hydrogen) atoms. The molecule has 0 saturated carbocycles. The van der Waals surface area contributed by atoms with Crippen LogP contribution in [0.25, 0.3) is 0 Å². The highest BCUT2D eigenvalue weighted by molar-refractivity contribution is 6.62. The molecular weight excluding hydrogens is 274 g/mol. The summed E-state index contributed by atoms with van der Waals surface area (Å²) in [5.41, 5.74) is 1.06. The van der Waals surface area contributed by atoms with Gasteiger partial charge in [0.2, 0.25) is 0 Å². The first-order valence-corrected chi connectivity index (χ1v) is 6.86. The van der Waals surface area contributed by atoms with Crippen molar-refractivity contribution < 1.29 is 9.31 Å². The maximum Gasteiger partial charge on any atom is 0.494 e. The van der Waals surface area contributed by atoms with Crippen LogP contribution in [0, 0.1) is 11.3 Å². The Kier molecular flexibility index (Phi) is 3.76. The van der Waals surface area contributed by atoms with Gasteiger partial charge in [0.1, 0.15) is 6.07 Å². The molecule has 2 rings (SSSR count). The van der Waals surface area contributed by atoms with Crippen LogP contribution in [0.2, 0.25) is 5.02 Å². The molecule has 0 radical (unpaired) electrons. The van der Waals surface area contributed by atoms with Gasteiger partial charge in [-0.15, -0.1) is 0 Å². The van der Waals surface area contributed by atoms with E-state index in [0.29, 0.717) is 16.3 Å². The maximum atomic E-state index is 9.17. The zero-order valence-electron chi connectivity index (χ0n) is 12.4. The standard InChI is InChI=1S/C14H18BClN2O2/c1-13(2)14(3,4)20-15(19-13)10-6-9(8-17)12(16)11(7-10)18-5/h6-7,18H,1-5H3. The molecule has 1 aromatic carbocycles. The van der Waals surface area contributed by atoms with Crippen LogP contribution >= 0.6 is 11.6 Å². The molecule has 1 aromatic rings. The third kappa shape index (κ3) is 2.40. The van der Waals surface area contributed by atoms with Crippen LogP contribution in [-0.4, -0.2) is 25.4 Å². The number of hydrogen-bond donors (Lipinski definition) is 1. The fourth-order valence-corrected chi connectivity index (χ4v) is 2.27. The van der Waals surface area contributed by atoms with E-state index < -0.39 is 18.3 Å². The molecule has 1 aliphatic heterocycles. The molecule has 0 bridgehead atoms. The molecule has 0 aliphatic carbocycles. The van der Waals surface area contributed by atoms with Crippen molar-refractivity contribution in [1.29, 1.82) is 5.26 Å². The number of benzene rings is 1. The number of nitrogens with zero attached hydrogens (tertiary/aromatic N) is 1. The lowest BCUT2D eigenvalue weighted by Gasteiger charge is -2.32. The first-order chi connectivity index (χ1) is 9.21. The third-order valence-corrected chi connectivity index (χ3v) is 4.42. The lowest BCUT2D eigenvalue weighted by atomic mass is 9.78. The predicted octanol–water partition coefficient (Wildman–Crippen LogP) is 2.55. The zero-order chi connectivity index (χ0) is 15.1. The van der Waals surface area contributed by atoms with Crippen LogP contribution < -0.4 is 10.8 Å². The molecule has 1 heterocycles. The average molecular weight is 293 g/mol. The molecule has 1 aliphatic rings. The smallest absolute Gasteiger partial charge is 0.399 e. The summed E-state index contributed by atoms with van der Waals surface area (Å²) in [6.45, 7) is 7.97. The Morgan fingerprint density at radius 2 is 1.75 bits per heavy atom. The first kappa shape index (κ1) is 15.2. The molecule has 6 heteroatoms. The van der Waals surface area contributed by atoms with Gasteiger partial charge in [0.05, 0.1) is 27.5 Å². The summed E-state index contributed by atoms with van der Waals surface area (Å²) in [6, 6.07) is 5.66. The number of rotatable bonds is 2. The van der Waals surface area contributed by atoms with Crippen LogP contribution in [0.1, 0.15) is 33.3 Å². The summed E-state index contributed by atoms with van der Waals surface area (Å²) in [7, 11) is 1.26. The minimum absolute atomic E-state index is 0.406. The molecule has 1 fully saturated rings. The number of nitriles is 1. The summed E-state index contributed by atoms with van der Waals surface area (Å²) >= 11 is 6.13. The summed E-state index contributed by atoms with van der Waals surface area (Å²) in [5, 5.41) is 12.6. The maximum absolute atomic E-state index is 9.17. The highest BCUT2D eigenvalue weighted by Gasteiger charge is 2.51. The van der Waals surface area contributed by atoms with Gasteiger partial charge >= 0.3 is 7.12 Å². The van der Waals surface area contributed by atoms with E-state index in [1.54, 1.807) is 13.1 Å².